The van der Waals surface area contributed by atoms with Gasteiger partial charge in [-0.2, -0.15) is 0 Å². The summed E-state index contributed by atoms with van der Waals surface area (Å²) in [6, 6.07) is 15.4. The number of benzene rings is 2. The Hall–Kier alpha value is -3.61. The maximum Gasteiger partial charge on any atom is 0.270 e. The Labute approximate surface area is 162 Å². The molecule has 0 unspecified atom stereocenters. The molecule has 142 valence electrons. The molecule has 3 aromatic rings. The van der Waals surface area contributed by atoms with Crippen LogP contribution in [0.3, 0.4) is 0 Å². The molecule has 4 rings (SSSR count). The van der Waals surface area contributed by atoms with Crippen molar-refractivity contribution in [3.63, 3.8) is 0 Å². The molecule has 0 radical (unpaired) electrons. The van der Waals surface area contributed by atoms with Crippen LogP contribution >= 0.6 is 0 Å². The first-order valence-corrected chi connectivity index (χ1v) is 8.96. The molecule has 2 aromatic carbocycles. The Bertz CT molecular complexity index is 1010. The molecule has 0 saturated heterocycles. The molecule has 1 amide bonds. The van der Waals surface area contributed by atoms with Crippen LogP contribution in [0.2, 0.25) is 0 Å². The summed E-state index contributed by atoms with van der Waals surface area (Å²) in [6.07, 6.45) is 1.57. The highest BCUT2D eigenvalue weighted by Crippen LogP contribution is 2.32. The van der Waals surface area contributed by atoms with E-state index in [1.54, 1.807) is 12.3 Å². The maximum absolute atomic E-state index is 12.4. The van der Waals surface area contributed by atoms with Crippen molar-refractivity contribution in [1.29, 1.82) is 0 Å². The summed E-state index contributed by atoms with van der Waals surface area (Å²) in [4.78, 5) is 20.9. The molecule has 0 aliphatic carbocycles. The fourth-order valence-electron chi connectivity index (χ4n) is 2.90. The van der Waals surface area contributed by atoms with Crippen molar-refractivity contribution in [1.82, 2.24) is 15.3 Å². The Kier molecular flexibility index (Phi) is 5.05. The Morgan fingerprint density at radius 3 is 2.79 bits per heavy atom. The fraction of sp³-hybridized carbons (Fsp3) is 0.190. The molecule has 1 aromatic heterocycles. The van der Waals surface area contributed by atoms with Gasteiger partial charge in [-0.25, -0.2) is 9.97 Å². The highest BCUT2D eigenvalue weighted by molar-refractivity contribution is 5.92. The van der Waals surface area contributed by atoms with E-state index in [4.69, 9.17) is 9.47 Å². The lowest BCUT2D eigenvalue weighted by molar-refractivity contribution is 0.0946. The lowest BCUT2D eigenvalue weighted by Crippen LogP contribution is -2.24. The fourth-order valence-corrected chi connectivity index (χ4v) is 2.90. The number of fused-ring (bicyclic) bond motifs is 1. The lowest BCUT2D eigenvalue weighted by Gasteiger charge is -2.08. The summed E-state index contributed by atoms with van der Waals surface area (Å²) in [5.74, 6) is 1.56. The average Bonchev–Trinajstić information content (AvgIpc) is 3.19. The Morgan fingerprint density at radius 2 is 1.89 bits per heavy atom. The second kappa shape index (κ2) is 7.96. The van der Waals surface area contributed by atoms with Crippen molar-refractivity contribution in [3.05, 3.63) is 77.1 Å². The van der Waals surface area contributed by atoms with Crippen LogP contribution in [0.4, 0.5) is 5.95 Å². The molecule has 7 nitrogen and oxygen atoms in total. The second-order valence-corrected chi connectivity index (χ2v) is 6.48. The van der Waals surface area contributed by atoms with E-state index in [2.05, 4.69) is 26.7 Å². The van der Waals surface area contributed by atoms with Crippen LogP contribution in [0, 0.1) is 6.92 Å². The van der Waals surface area contributed by atoms with Gasteiger partial charge in [0.1, 0.15) is 5.69 Å². The van der Waals surface area contributed by atoms with Gasteiger partial charge in [0.05, 0.1) is 0 Å². The zero-order chi connectivity index (χ0) is 19.3. The van der Waals surface area contributed by atoms with Gasteiger partial charge in [-0.15, -0.1) is 0 Å². The van der Waals surface area contributed by atoms with E-state index in [0.717, 1.165) is 16.9 Å². The van der Waals surface area contributed by atoms with Crippen molar-refractivity contribution in [2.75, 3.05) is 12.1 Å². The van der Waals surface area contributed by atoms with E-state index in [1.807, 2.05) is 43.3 Å². The maximum atomic E-state index is 12.4. The first kappa shape index (κ1) is 17.8. The number of nitrogens with zero attached hydrogens (tertiary/aromatic N) is 2. The zero-order valence-electron chi connectivity index (χ0n) is 15.4. The zero-order valence-corrected chi connectivity index (χ0v) is 15.4. The molecular formula is C21H20N4O3. The van der Waals surface area contributed by atoms with Gasteiger partial charge in [-0.05, 0) is 36.2 Å². The van der Waals surface area contributed by atoms with Crippen molar-refractivity contribution >= 4 is 11.9 Å². The molecule has 0 atom stereocenters. The predicted octanol–water partition coefficient (Wildman–Crippen LogP) is 3.06. The Balaban J connectivity index is 1.36. The predicted molar refractivity (Wildman–Crippen MR) is 104 cm³/mol. The summed E-state index contributed by atoms with van der Waals surface area (Å²) >= 11 is 0. The Morgan fingerprint density at radius 1 is 1.04 bits per heavy atom. The molecule has 1 aliphatic heterocycles. The molecule has 7 heteroatoms. The standard InChI is InChI=1S/C21H20N4O3/c1-14-3-2-4-15(9-14)12-24-21-22-8-7-17(25-21)20(26)23-11-16-5-6-18-19(10-16)28-13-27-18/h2-10H,11-13H2,1H3,(H,23,26)(H,22,24,25). The minimum atomic E-state index is -0.265. The minimum Gasteiger partial charge on any atom is -0.454 e. The van der Waals surface area contributed by atoms with Gasteiger partial charge in [0.15, 0.2) is 11.5 Å². The van der Waals surface area contributed by atoms with Crippen molar-refractivity contribution in [2.45, 2.75) is 20.0 Å². The molecule has 28 heavy (non-hydrogen) atoms. The van der Waals surface area contributed by atoms with Gasteiger partial charge in [0.2, 0.25) is 12.7 Å². The normalized spacial score (nSPS) is 11.9. The molecule has 0 saturated carbocycles. The molecule has 1 aliphatic rings. The van der Waals surface area contributed by atoms with Crippen molar-refractivity contribution in [2.24, 2.45) is 0 Å². The third-order valence-corrected chi connectivity index (χ3v) is 4.31. The van der Waals surface area contributed by atoms with Gasteiger partial charge in [0, 0.05) is 19.3 Å². The van der Waals surface area contributed by atoms with Gasteiger partial charge in [-0.3, -0.25) is 4.79 Å². The van der Waals surface area contributed by atoms with Crippen LogP contribution < -0.4 is 20.1 Å². The molecular weight excluding hydrogens is 356 g/mol. The number of ether oxygens (including phenoxy) is 2. The van der Waals surface area contributed by atoms with Crippen LogP contribution in [0.5, 0.6) is 11.5 Å². The van der Waals surface area contributed by atoms with Gasteiger partial charge < -0.3 is 20.1 Å². The van der Waals surface area contributed by atoms with Crippen LogP contribution in [0.15, 0.2) is 54.7 Å². The van der Waals surface area contributed by atoms with Gasteiger partial charge >= 0.3 is 0 Å². The number of nitrogens with one attached hydrogen (secondary N) is 2. The largest absolute Gasteiger partial charge is 0.454 e. The molecule has 2 N–H and O–H groups in total. The van der Waals surface area contributed by atoms with Crippen LogP contribution in [0.1, 0.15) is 27.2 Å². The number of anilines is 1. The third-order valence-electron chi connectivity index (χ3n) is 4.31. The first-order chi connectivity index (χ1) is 13.7. The number of hydrogen-bond donors (Lipinski definition) is 2. The third kappa shape index (κ3) is 4.20. The monoisotopic (exact) mass is 376 g/mol. The minimum absolute atomic E-state index is 0.227. The van der Waals surface area contributed by atoms with Crippen LogP contribution in [-0.2, 0) is 13.1 Å². The van der Waals surface area contributed by atoms with Crippen molar-refractivity contribution in [3.8, 4) is 11.5 Å². The summed E-state index contributed by atoms with van der Waals surface area (Å²) in [5.41, 5.74) is 3.55. The molecule has 0 bridgehead atoms. The topological polar surface area (TPSA) is 85.4 Å². The van der Waals surface area contributed by atoms with E-state index >= 15 is 0 Å². The smallest absolute Gasteiger partial charge is 0.270 e. The number of aryl methyl sites for hydroxylation is 1. The quantitative estimate of drug-likeness (QED) is 0.688. The highest BCUT2D eigenvalue weighted by Gasteiger charge is 2.14. The lowest BCUT2D eigenvalue weighted by atomic mass is 10.1. The summed E-state index contributed by atoms with van der Waals surface area (Å²) < 4.78 is 10.6. The molecule has 2 heterocycles. The second-order valence-electron chi connectivity index (χ2n) is 6.48. The number of aromatic nitrogens is 2. The van der Waals surface area contributed by atoms with Crippen LogP contribution in [-0.4, -0.2) is 22.7 Å². The summed E-state index contributed by atoms with van der Waals surface area (Å²) in [7, 11) is 0. The first-order valence-electron chi connectivity index (χ1n) is 8.96. The average molecular weight is 376 g/mol. The van der Waals surface area contributed by atoms with E-state index in [0.29, 0.717) is 30.5 Å². The molecule has 0 spiro atoms. The van der Waals surface area contributed by atoms with Crippen LogP contribution in [0.25, 0.3) is 0 Å². The molecule has 0 fully saturated rings. The number of hydrogen-bond acceptors (Lipinski definition) is 6. The number of rotatable bonds is 6. The summed E-state index contributed by atoms with van der Waals surface area (Å²) in [6.45, 7) is 3.23. The highest BCUT2D eigenvalue weighted by atomic mass is 16.7. The van der Waals surface area contributed by atoms with Gasteiger partial charge in [-0.1, -0.05) is 35.9 Å². The summed E-state index contributed by atoms with van der Waals surface area (Å²) in [5, 5.41) is 6.01. The SMILES string of the molecule is Cc1cccc(CNc2nccc(C(=O)NCc3ccc4c(c3)OCO4)n2)c1. The van der Waals surface area contributed by atoms with Gasteiger partial charge in [0.25, 0.3) is 5.91 Å². The number of amides is 1. The van der Waals surface area contributed by atoms with E-state index in [9.17, 15) is 4.79 Å². The van der Waals surface area contributed by atoms with Crippen molar-refractivity contribution < 1.29 is 14.3 Å². The van der Waals surface area contributed by atoms with E-state index in [-0.39, 0.29) is 12.7 Å². The van der Waals surface area contributed by atoms with E-state index in [1.165, 1.54) is 5.56 Å². The van der Waals surface area contributed by atoms with E-state index < -0.39 is 0 Å². The number of carbonyl (C=O) groups excluding carboxylic acids is 1. The number of carbonyl (C=O) groups is 1.